The van der Waals surface area contributed by atoms with Gasteiger partial charge in [-0.25, -0.2) is 14.6 Å². The summed E-state index contributed by atoms with van der Waals surface area (Å²) in [6.45, 7) is 5.51. The fourth-order valence-corrected chi connectivity index (χ4v) is 6.17. The molecule has 0 unspecified atom stereocenters. The van der Waals surface area contributed by atoms with E-state index in [4.69, 9.17) is 9.47 Å². The van der Waals surface area contributed by atoms with Gasteiger partial charge in [0.25, 0.3) is 5.91 Å². The summed E-state index contributed by atoms with van der Waals surface area (Å²) in [6, 6.07) is 17.5. The maximum atomic E-state index is 13.5. The second-order valence-corrected chi connectivity index (χ2v) is 12.3. The van der Waals surface area contributed by atoms with E-state index in [2.05, 4.69) is 15.6 Å². The molecule has 0 radical (unpaired) electrons. The molecule has 6 rings (SSSR count). The van der Waals surface area contributed by atoms with Crippen molar-refractivity contribution in [1.29, 1.82) is 0 Å². The number of carbonyl (C=O) groups excluding carboxylic acids is 3. The highest BCUT2D eigenvalue weighted by Gasteiger charge is 2.36. The van der Waals surface area contributed by atoms with Crippen LogP contribution in [0, 0.1) is 0 Å². The van der Waals surface area contributed by atoms with Crippen LogP contribution in [0.5, 0.6) is 11.5 Å². The highest BCUT2D eigenvalue weighted by Crippen LogP contribution is 2.46. The van der Waals surface area contributed by atoms with Crippen LogP contribution in [0.15, 0.2) is 66.9 Å². The smallest absolute Gasteiger partial charge is 0.412 e. The van der Waals surface area contributed by atoms with Gasteiger partial charge >= 0.3 is 12.1 Å². The van der Waals surface area contributed by atoms with E-state index >= 15 is 0 Å². The van der Waals surface area contributed by atoms with E-state index in [1.165, 1.54) is 16.2 Å². The zero-order valence-electron chi connectivity index (χ0n) is 23.9. The summed E-state index contributed by atoms with van der Waals surface area (Å²) in [7, 11) is 0. The quantitative estimate of drug-likeness (QED) is 0.247. The van der Waals surface area contributed by atoms with Gasteiger partial charge < -0.3 is 25.2 Å². The van der Waals surface area contributed by atoms with Gasteiger partial charge in [-0.2, -0.15) is 0 Å². The molecule has 0 spiro atoms. The molecule has 12 heteroatoms. The lowest BCUT2D eigenvalue weighted by molar-refractivity contribution is -0.0504. The van der Waals surface area contributed by atoms with E-state index in [1.54, 1.807) is 62.2 Å². The Hall–Kier alpha value is -4.68. The molecule has 0 bridgehead atoms. The van der Waals surface area contributed by atoms with Crippen molar-refractivity contribution >= 4 is 56.6 Å². The first-order valence-electron chi connectivity index (χ1n) is 13.9. The van der Waals surface area contributed by atoms with Crippen LogP contribution >= 0.6 is 11.3 Å². The topological polar surface area (TPSA) is 133 Å². The molecule has 0 saturated carbocycles. The number of thiophene rings is 1. The molecule has 4 heterocycles. The van der Waals surface area contributed by atoms with Crippen molar-refractivity contribution in [2.24, 2.45) is 0 Å². The van der Waals surface area contributed by atoms with Crippen LogP contribution in [0.1, 0.15) is 43.3 Å². The third-order valence-corrected chi connectivity index (χ3v) is 8.16. The number of nitrogens with zero attached hydrogens (tertiary/aromatic N) is 3. The number of piperidine rings is 1. The van der Waals surface area contributed by atoms with E-state index in [9.17, 15) is 19.5 Å². The Labute approximate surface area is 252 Å². The van der Waals surface area contributed by atoms with Crippen molar-refractivity contribution in [3.05, 3.63) is 71.7 Å². The highest BCUT2D eigenvalue weighted by atomic mass is 32.1. The predicted octanol–water partition coefficient (Wildman–Crippen LogP) is 6.22. The Kier molecular flexibility index (Phi) is 7.40. The molecule has 2 aromatic heterocycles. The van der Waals surface area contributed by atoms with Crippen molar-refractivity contribution in [3.63, 3.8) is 0 Å². The first-order chi connectivity index (χ1) is 20.6. The zero-order valence-corrected chi connectivity index (χ0v) is 24.7. The number of benzene rings is 2. The van der Waals surface area contributed by atoms with Gasteiger partial charge in [0.2, 0.25) is 0 Å². The maximum Gasteiger partial charge on any atom is 0.412 e. The molecule has 2 aliphatic rings. The van der Waals surface area contributed by atoms with Crippen LogP contribution in [-0.4, -0.2) is 57.4 Å². The number of anilines is 3. The number of likely N-dealkylation sites (tertiary alicyclic amines) is 1. The number of hydrogen-bond acceptors (Lipinski definition) is 8. The molecule has 4 amide bonds. The standard InChI is InChI=1S/C31H31N5O6S/c1-31(2,3)42-30(40)35-16-14-18(17-23(35)37)33-27(38)26-25-24-22(13-15-32-28(24)43-26)36(29(39)34-25)19-9-11-21(12-10-19)41-20-7-5-4-6-8-20/h4-13,15,18,23,37H,14,16-17H2,1-3H3,(H,33,38)(H,34,39)/t18-,23-/m1/s1. The van der Waals surface area contributed by atoms with Crippen molar-refractivity contribution < 1.29 is 29.0 Å². The number of urea groups is 1. The molecule has 0 aliphatic carbocycles. The van der Waals surface area contributed by atoms with Gasteiger partial charge in [0.15, 0.2) is 0 Å². The van der Waals surface area contributed by atoms with Gasteiger partial charge in [0.05, 0.1) is 22.4 Å². The second-order valence-electron chi connectivity index (χ2n) is 11.3. The molecule has 11 nitrogen and oxygen atoms in total. The number of hydrogen-bond donors (Lipinski definition) is 3. The molecule has 4 aromatic rings. The number of aromatic nitrogens is 1. The normalized spacial score (nSPS) is 18.3. The minimum atomic E-state index is -1.10. The number of aliphatic hydroxyl groups excluding tert-OH is 1. The summed E-state index contributed by atoms with van der Waals surface area (Å²) >= 11 is 1.18. The second kappa shape index (κ2) is 11.2. The molecule has 2 aromatic carbocycles. The van der Waals surface area contributed by atoms with Gasteiger partial charge in [0, 0.05) is 25.2 Å². The average molecular weight is 602 g/mol. The van der Waals surface area contributed by atoms with Gasteiger partial charge in [-0.1, -0.05) is 18.2 Å². The van der Waals surface area contributed by atoms with E-state index in [0.717, 1.165) is 0 Å². The lowest BCUT2D eigenvalue weighted by atomic mass is 10.0. The Morgan fingerprint density at radius 2 is 1.79 bits per heavy atom. The number of aliphatic hydroxyl groups is 1. The van der Waals surface area contributed by atoms with Gasteiger partial charge in [-0.3, -0.25) is 14.6 Å². The SMILES string of the molecule is CC(C)(C)OC(=O)N1CC[C@@H](NC(=O)c2sc3nccc4c3c2NC(=O)N4c2ccc(Oc3ccccc3)cc2)C[C@H]1O. The van der Waals surface area contributed by atoms with Crippen LogP contribution in [0.3, 0.4) is 0 Å². The Balaban J connectivity index is 1.20. The zero-order chi connectivity index (χ0) is 30.3. The van der Waals surface area contributed by atoms with Crippen molar-refractivity contribution in [1.82, 2.24) is 15.2 Å². The molecular formula is C31H31N5O6S. The number of carbonyl (C=O) groups is 3. The van der Waals surface area contributed by atoms with E-state index in [-0.39, 0.29) is 24.9 Å². The molecule has 2 atom stereocenters. The molecule has 3 N–H and O–H groups in total. The van der Waals surface area contributed by atoms with Crippen LogP contribution in [0.4, 0.5) is 26.7 Å². The summed E-state index contributed by atoms with van der Waals surface area (Å²) < 4.78 is 11.3. The van der Waals surface area contributed by atoms with E-state index < -0.39 is 24.0 Å². The molecule has 43 heavy (non-hydrogen) atoms. The molecule has 1 fully saturated rings. The van der Waals surface area contributed by atoms with Crippen LogP contribution in [-0.2, 0) is 4.74 Å². The number of pyridine rings is 1. The summed E-state index contributed by atoms with van der Waals surface area (Å²) in [6.07, 6.45) is 0.513. The van der Waals surface area contributed by atoms with Crippen LogP contribution in [0.2, 0.25) is 0 Å². The molecule has 222 valence electrons. The van der Waals surface area contributed by atoms with Crippen molar-refractivity contribution in [2.45, 2.75) is 51.5 Å². The molecular weight excluding hydrogens is 570 g/mol. The van der Waals surface area contributed by atoms with Gasteiger partial charge in [-0.05, 0) is 69.7 Å². The predicted molar refractivity (Wildman–Crippen MR) is 163 cm³/mol. The minimum absolute atomic E-state index is 0.152. The van der Waals surface area contributed by atoms with Crippen LogP contribution in [0.25, 0.3) is 10.2 Å². The summed E-state index contributed by atoms with van der Waals surface area (Å²) in [5.41, 5.74) is 0.950. The van der Waals surface area contributed by atoms with Crippen LogP contribution < -0.4 is 20.3 Å². The third-order valence-electron chi connectivity index (χ3n) is 7.06. The van der Waals surface area contributed by atoms with Crippen molar-refractivity contribution in [2.75, 3.05) is 16.8 Å². The number of ether oxygens (including phenoxy) is 2. The highest BCUT2D eigenvalue weighted by molar-refractivity contribution is 7.21. The first kappa shape index (κ1) is 28.4. The fourth-order valence-electron chi connectivity index (χ4n) is 5.15. The Morgan fingerprint density at radius 1 is 1.07 bits per heavy atom. The number of nitrogens with one attached hydrogen (secondary N) is 2. The summed E-state index contributed by atoms with van der Waals surface area (Å²) in [5.74, 6) is 0.950. The summed E-state index contributed by atoms with van der Waals surface area (Å²) in [5, 5.41) is 17.1. The molecule has 2 aliphatic heterocycles. The first-order valence-corrected chi connectivity index (χ1v) is 14.7. The lowest BCUT2D eigenvalue weighted by Crippen LogP contribution is -2.53. The van der Waals surface area contributed by atoms with Gasteiger partial charge in [-0.15, -0.1) is 11.3 Å². The number of amides is 4. The van der Waals surface area contributed by atoms with Gasteiger partial charge in [0.1, 0.15) is 33.0 Å². The Bertz CT molecular complexity index is 1680. The third kappa shape index (κ3) is 5.84. The van der Waals surface area contributed by atoms with E-state index in [0.29, 0.717) is 50.1 Å². The monoisotopic (exact) mass is 601 g/mol. The average Bonchev–Trinajstić information content (AvgIpc) is 3.33. The van der Waals surface area contributed by atoms with E-state index in [1.807, 2.05) is 30.3 Å². The Morgan fingerprint density at radius 3 is 2.49 bits per heavy atom. The lowest BCUT2D eigenvalue weighted by Gasteiger charge is -2.37. The summed E-state index contributed by atoms with van der Waals surface area (Å²) in [4.78, 5) is 47.5. The fraction of sp³-hybridized carbons (Fsp3) is 0.290. The molecule has 1 saturated heterocycles. The minimum Gasteiger partial charge on any atom is -0.457 e. The largest absolute Gasteiger partial charge is 0.457 e. The maximum absolute atomic E-state index is 13.5. The number of para-hydroxylation sites is 1. The number of rotatable bonds is 5. The van der Waals surface area contributed by atoms with Crippen molar-refractivity contribution in [3.8, 4) is 11.5 Å².